The van der Waals surface area contributed by atoms with Crippen molar-refractivity contribution in [3.8, 4) is 0 Å². The van der Waals surface area contributed by atoms with Crippen LogP contribution in [0.1, 0.15) is 39.0 Å². The molecule has 2 amide bonds. The summed E-state index contributed by atoms with van der Waals surface area (Å²) in [6.07, 6.45) is 5.68. The van der Waals surface area contributed by atoms with Crippen molar-refractivity contribution in [1.29, 1.82) is 0 Å². The highest BCUT2D eigenvalue weighted by Crippen LogP contribution is 2.32. The van der Waals surface area contributed by atoms with Gasteiger partial charge in [-0.05, 0) is 25.7 Å². The molecule has 6 nitrogen and oxygen atoms in total. The number of hydrogen-bond acceptors (Lipinski definition) is 5. The Hall–Kier alpha value is -1.21. The number of rotatable bonds is 4. The number of hydrogen-bond donors (Lipinski definition) is 3. The molecule has 0 saturated heterocycles. The third-order valence-electron chi connectivity index (χ3n) is 3.81. The van der Waals surface area contributed by atoms with E-state index in [0.717, 1.165) is 12.8 Å². The van der Waals surface area contributed by atoms with Crippen LogP contribution in [0.5, 0.6) is 0 Å². The van der Waals surface area contributed by atoms with Crippen molar-refractivity contribution in [3.63, 3.8) is 0 Å². The molecule has 0 bridgehead atoms. The van der Waals surface area contributed by atoms with E-state index in [1.54, 1.807) is 5.51 Å². The topological polar surface area (TPSA) is 87.1 Å². The lowest BCUT2D eigenvalue weighted by molar-refractivity contribution is 0.103. The summed E-state index contributed by atoms with van der Waals surface area (Å²) in [7, 11) is 0. The highest BCUT2D eigenvalue weighted by atomic mass is 32.1. The Bertz CT molecular complexity index is 406. The molecule has 0 radical (unpaired) electrons. The van der Waals surface area contributed by atoms with E-state index < -0.39 is 5.54 Å². The summed E-state index contributed by atoms with van der Waals surface area (Å²) in [5, 5.41) is 23.0. The number of carbonyl (C=O) groups is 1. The summed E-state index contributed by atoms with van der Waals surface area (Å²) >= 11 is 1.26. The number of aromatic nitrogens is 2. The number of nitrogens with zero attached hydrogens (tertiary/aromatic N) is 2. The predicted octanol–water partition coefficient (Wildman–Crippen LogP) is 1.99. The monoisotopic (exact) mass is 284 g/mol. The molecule has 106 valence electrons. The minimum absolute atomic E-state index is 0.0544. The van der Waals surface area contributed by atoms with Crippen LogP contribution in [0, 0.1) is 5.92 Å². The van der Waals surface area contributed by atoms with Crippen LogP contribution in [0.25, 0.3) is 0 Å². The van der Waals surface area contributed by atoms with E-state index in [9.17, 15) is 9.90 Å². The summed E-state index contributed by atoms with van der Waals surface area (Å²) in [6.45, 7) is 1.85. The average molecular weight is 284 g/mol. The van der Waals surface area contributed by atoms with Crippen LogP contribution in [0.15, 0.2) is 5.51 Å². The fourth-order valence-electron chi connectivity index (χ4n) is 2.63. The maximum absolute atomic E-state index is 11.9. The standard InChI is InChI=1S/C12H20N4O2S/c1-12(7-17,9-5-3-2-4-6-9)15-10(18)14-11-16-13-8-19-11/h8-9,17H,2-7H2,1H3,(H2,14,15,16,18)/t12-/m0/s1. The number of amides is 2. The van der Waals surface area contributed by atoms with E-state index in [0.29, 0.717) is 11.0 Å². The highest BCUT2D eigenvalue weighted by molar-refractivity contribution is 7.13. The van der Waals surface area contributed by atoms with Gasteiger partial charge in [-0.2, -0.15) is 0 Å². The molecule has 1 aliphatic carbocycles. The minimum Gasteiger partial charge on any atom is -0.394 e. The van der Waals surface area contributed by atoms with Crippen LogP contribution in [-0.2, 0) is 0 Å². The van der Waals surface area contributed by atoms with Crippen LogP contribution < -0.4 is 10.6 Å². The van der Waals surface area contributed by atoms with E-state index in [-0.39, 0.29) is 12.6 Å². The lowest BCUT2D eigenvalue weighted by atomic mass is 9.76. The van der Waals surface area contributed by atoms with Gasteiger partial charge in [-0.15, -0.1) is 10.2 Å². The predicted molar refractivity (Wildman–Crippen MR) is 74.1 cm³/mol. The summed E-state index contributed by atoms with van der Waals surface area (Å²) < 4.78 is 0. The zero-order valence-electron chi connectivity index (χ0n) is 11.1. The number of aliphatic hydroxyl groups excluding tert-OH is 1. The van der Waals surface area contributed by atoms with Crippen molar-refractivity contribution in [1.82, 2.24) is 15.5 Å². The zero-order valence-corrected chi connectivity index (χ0v) is 11.9. The second kappa shape index (κ2) is 6.29. The smallest absolute Gasteiger partial charge is 0.321 e. The van der Waals surface area contributed by atoms with E-state index in [2.05, 4.69) is 20.8 Å². The van der Waals surface area contributed by atoms with Gasteiger partial charge in [0.1, 0.15) is 5.51 Å². The normalized spacial score (nSPS) is 19.7. The largest absolute Gasteiger partial charge is 0.394 e. The Morgan fingerprint density at radius 3 is 2.84 bits per heavy atom. The van der Waals surface area contributed by atoms with Crippen molar-refractivity contribution in [2.45, 2.75) is 44.6 Å². The van der Waals surface area contributed by atoms with Gasteiger partial charge in [0.05, 0.1) is 12.1 Å². The van der Waals surface area contributed by atoms with Crippen molar-refractivity contribution in [3.05, 3.63) is 5.51 Å². The Kier molecular flexibility index (Phi) is 4.71. The van der Waals surface area contributed by atoms with Crippen molar-refractivity contribution in [2.24, 2.45) is 5.92 Å². The SMILES string of the molecule is C[C@@](CO)(NC(=O)Nc1nncs1)C1CCCCC1. The molecule has 1 aliphatic rings. The van der Waals surface area contributed by atoms with Crippen molar-refractivity contribution < 1.29 is 9.90 Å². The summed E-state index contributed by atoms with van der Waals surface area (Å²) in [5.41, 5.74) is 0.983. The summed E-state index contributed by atoms with van der Waals surface area (Å²) in [5.74, 6) is 0.325. The molecule has 1 atom stereocenters. The van der Waals surface area contributed by atoms with Gasteiger partial charge >= 0.3 is 6.03 Å². The molecule has 0 spiro atoms. The van der Waals surface area contributed by atoms with Crippen molar-refractivity contribution in [2.75, 3.05) is 11.9 Å². The molecule has 2 rings (SSSR count). The quantitative estimate of drug-likeness (QED) is 0.789. The van der Waals surface area contributed by atoms with Gasteiger partial charge in [0.2, 0.25) is 5.13 Å². The number of aliphatic hydroxyl groups is 1. The first kappa shape index (κ1) is 14.2. The lowest BCUT2D eigenvalue weighted by Crippen LogP contribution is -2.55. The van der Waals surface area contributed by atoms with Gasteiger partial charge < -0.3 is 10.4 Å². The maximum Gasteiger partial charge on any atom is 0.321 e. The first-order chi connectivity index (χ1) is 9.14. The van der Waals surface area contributed by atoms with Crippen LogP contribution >= 0.6 is 11.3 Å². The van der Waals surface area contributed by atoms with Crippen LogP contribution in [0.4, 0.5) is 9.93 Å². The van der Waals surface area contributed by atoms with Crippen molar-refractivity contribution >= 4 is 22.5 Å². The third kappa shape index (κ3) is 3.63. The second-order valence-electron chi connectivity index (χ2n) is 5.23. The van der Waals surface area contributed by atoms with Crippen LogP contribution in [0.3, 0.4) is 0 Å². The molecular weight excluding hydrogens is 264 g/mol. The number of urea groups is 1. The van der Waals surface area contributed by atoms with Crippen LogP contribution in [0.2, 0.25) is 0 Å². The highest BCUT2D eigenvalue weighted by Gasteiger charge is 2.35. The summed E-state index contributed by atoms with van der Waals surface area (Å²) in [6, 6.07) is -0.334. The zero-order chi connectivity index (χ0) is 13.7. The Morgan fingerprint density at radius 1 is 1.53 bits per heavy atom. The van der Waals surface area contributed by atoms with Gasteiger partial charge in [0.15, 0.2) is 0 Å². The number of carbonyl (C=O) groups excluding carboxylic acids is 1. The van der Waals surface area contributed by atoms with Gasteiger partial charge in [-0.3, -0.25) is 5.32 Å². The van der Waals surface area contributed by atoms with Crippen LogP contribution in [-0.4, -0.2) is 33.5 Å². The third-order valence-corrected chi connectivity index (χ3v) is 4.42. The van der Waals surface area contributed by atoms with E-state index in [4.69, 9.17) is 0 Å². The lowest BCUT2D eigenvalue weighted by Gasteiger charge is -2.39. The average Bonchev–Trinajstić information content (AvgIpc) is 2.92. The van der Waals surface area contributed by atoms with Gasteiger partial charge in [-0.1, -0.05) is 30.6 Å². The molecule has 0 unspecified atom stereocenters. The van der Waals surface area contributed by atoms with Gasteiger partial charge in [0, 0.05) is 0 Å². The van der Waals surface area contributed by atoms with Gasteiger partial charge in [0.25, 0.3) is 0 Å². The molecule has 1 aromatic rings. The fraction of sp³-hybridized carbons (Fsp3) is 0.750. The number of nitrogens with one attached hydrogen (secondary N) is 2. The molecule has 0 aliphatic heterocycles. The molecular formula is C12H20N4O2S. The fourth-order valence-corrected chi connectivity index (χ4v) is 3.07. The Labute approximate surface area is 116 Å². The van der Waals surface area contributed by atoms with Gasteiger partial charge in [-0.25, -0.2) is 4.79 Å². The molecule has 19 heavy (non-hydrogen) atoms. The first-order valence-corrected chi connectivity index (χ1v) is 7.48. The van der Waals surface area contributed by atoms with E-state index in [1.165, 1.54) is 30.6 Å². The molecule has 7 heteroatoms. The second-order valence-corrected chi connectivity index (χ2v) is 6.07. The number of anilines is 1. The molecule has 1 aromatic heterocycles. The minimum atomic E-state index is -0.574. The maximum atomic E-state index is 11.9. The molecule has 1 heterocycles. The molecule has 0 aromatic carbocycles. The molecule has 3 N–H and O–H groups in total. The first-order valence-electron chi connectivity index (χ1n) is 6.60. The van der Waals surface area contributed by atoms with E-state index in [1.807, 2.05) is 6.92 Å². The Morgan fingerprint density at radius 2 is 2.26 bits per heavy atom. The van der Waals surface area contributed by atoms with E-state index >= 15 is 0 Å². The molecule has 1 fully saturated rings. The Balaban J connectivity index is 1.94. The molecule has 1 saturated carbocycles. The summed E-state index contributed by atoms with van der Waals surface area (Å²) in [4.78, 5) is 11.9.